The Balaban J connectivity index is 1.90. The lowest BCUT2D eigenvalue weighted by Gasteiger charge is -2.07. The number of hydrogen-bond donors (Lipinski definition) is 2. The molecule has 2 N–H and O–H groups in total. The van der Waals surface area contributed by atoms with Crippen molar-refractivity contribution in [2.75, 3.05) is 0 Å². The van der Waals surface area contributed by atoms with Gasteiger partial charge in [0.2, 0.25) is 5.91 Å². The van der Waals surface area contributed by atoms with Gasteiger partial charge in [-0.2, -0.15) is 0 Å². The molecule has 0 saturated carbocycles. The standard InChI is InChI=1S/C14H16N2O2/c1-16-8-4-6-12(16)10-15-14(18)9-11-5-2-3-7-13(11)17/h2-8,17H,9-10H2,1H3,(H,15,18). The number of rotatable bonds is 4. The molecule has 18 heavy (non-hydrogen) atoms. The quantitative estimate of drug-likeness (QED) is 0.858. The molecule has 0 aliphatic heterocycles. The normalized spacial score (nSPS) is 10.3. The van der Waals surface area contributed by atoms with Crippen molar-refractivity contribution in [2.45, 2.75) is 13.0 Å². The highest BCUT2D eigenvalue weighted by Crippen LogP contribution is 2.15. The number of phenols is 1. The molecule has 2 aromatic rings. The first-order valence-corrected chi connectivity index (χ1v) is 5.80. The summed E-state index contributed by atoms with van der Waals surface area (Å²) in [7, 11) is 1.94. The molecule has 4 heteroatoms. The van der Waals surface area contributed by atoms with Crippen LogP contribution in [0.2, 0.25) is 0 Å². The summed E-state index contributed by atoms with van der Waals surface area (Å²) in [5, 5.41) is 12.4. The van der Waals surface area contributed by atoms with Gasteiger partial charge in [-0.15, -0.1) is 0 Å². The van der Waals surface area contributed by atoms with Gasteiger partial charge in [-0.05, 0) is 18.2 Å². The Bertz CT molecular complexity index is 546. The third-order valence-corrected chi connectivity index (χ3v) is 2.86. The topological polar surface area (TPSA) is 54.3 Å². The van der Waals surface area contributed by atoms with E-state index in [1.165, 1.54) is 0 Å². The Morgan fingerprint density at radius 2 is 2.06 bits per heavy atom. The van der Waals surface area contributed by atoms with Gasteiger partial charge in [0, 0.05) is 24.5 Å². The van der Waals surface area contributed by atoms with Crippen LogP contribution in [0.1, 0.15) is 11.3 Å². The zero-order valence-corrected chi connectivity index (χ0v) is 10.3. The molecule has 2 rings (SSSR count). The number of carbonyl (C=O) groups excluding carboxylic acids is 1. The molecular weight excluding hydrogens is 228 g/mol. The Morgan fingerprint density at radius 1 is 1.28 bits per heavy atom. The Labute approximate surface area is 106 Å². The predicted molar refractivity (Wildman–Crippen MR) is 69.1 cm³/mol. The lowest BCUT2D eigenvalue weighted by molar-refractivity contribution is -0.120. The van der Waals surface area contributed by atoms with Crippen LogP contribution in [0.5, 0.6) is 5.75 Å². The van der Waals surface area contributed by atoms with Gasteiger partial charge in [-0.3, -0.25) is 4.79 Å². The molecule has 4 nitrogen and oxygen atoms in total. The first kappa shape index (κ1) is 12.2. The lowest BCUT2D eigenvalue weighted by atomic mass is 10.1. The molecule has 1 amide bonds. The number of aromatic hydroxyl groups is 1. The number of carbonyl (C=O) groups is 1. The maximum absolute atomic E-state index is 11.7. The Hall–Kier alpha value is -2.23. The average Bonchev–Trinajstić information content (AvgIpc) is 2.75. The number of nitrogens with zero attached hydrogens (tertiary/aromatic N) is 1. The van der Waals surface area contributed by atoms with E-state index in [0.29, 0.717) is 12.1 Å². The summed E-state index contributed by atoms with van der Waals surface area (Å²) in [5.41, 5.74) is 1.68. The van der Waals surface area contributed by atoms with Gasteiger partial charge in [0.1, 0.15) is 5.75 Å². The summed E-state index contributed by atoms with van der Waals surface area (Å²) in [6, 6.07) is 10.8. The van der Waals surface area contributed by atoms with Crippen LogP contribution < -0.4 is 5.32 Å². The minimum absolute atomic E-state index is 0.0994. The predicted octanol–water partition coefficient (Wildman–Crippen LogP) is 1.59. The summed E-state index contributed by atoms with van der Waals surface area (Å²) >= 11 is 0. The molecule has 1 aromatic heterocycles. The maximum Gasteiger partial charge on any atom is 0.224 e. The molecule has 0 fully saturated rings. The number of aromatic nitrogens is 1. The molecular formula is C14H16N2O2. The van der Waals surface area contributed by atoms with E-state index >= 15 is 0 Å². The van der Waals surface area contributed by atoms with Crippen molar-refractivity contribution in [3.8, 4) is 5.75 Å². The summed E-state index contributed by atoms with van der Waals surface area (Å²) in [6.45, 7) is 0.496. The van der Waals surface area contributed by atoms with Crippen LogP contribution in [0.25, 0.3) is 0 Å². The molecule has 0 aliphatic rings. The van der Waals surface area contributed by atoms with Crippen molar-refractivity contribution in [3.05, 3.63) is 53.9 Å². The van der Waals surface area contributed by atoms with Gasteiger partial charge in [-0.1, -0.05) is 18.2 Å². The first-order valence-electron chi connectivity index (χ1n) is 5.80. The van der Waals surface area contributed by atoms with E-state index in [9.17, 15) is 9.90 Å². The van der Waals surface area contributed by atoms with Gasteiger partial charge in [0.25, 0.3) is 0 Å². The number of amides is 1. The van der Waals surface area contributed by atoms with Crippen LogP contribution in [0.4, 0.5) is 0 Å². The van der Waals surface area contributed by atoms with Gasteiger partial charge in [0.15, 0.2) is 0 Å². The van der Waals surface area contributed by atoms with Crippen molar-refractivity contribution in [1.82, 2.24) is 9.88 Å². The average molecular weight is 244 g/mol. The van der Waals surface area contributed by atoms with Crippen molar-refractivity contribution >= 4 is 5.91 Å². The van der Waals surface area contributed by atoms with Crippen molar-refractivity contribution in [3.63, 3.8) is 0 Å². The zero-order valence-electron chi connectivity index (χ0n) is 10.3. The number of para-hydroxylation sites is 1. The van der Waals surface area contributed by atoms with Crippen LogP contribution in [0, 0.1) is 0 Å². The second-order valence-electron chi connectivity index (χ2n) is 4.19. The minimum atomic E-state index is -0.0994. The van der Waals surface area contributed by atoms with Crippen LogP contribution >= 0.6 is 0 Å². The Kier molecular flexibility index (Phi) is 3.67. The molecule has 0 atom stereocenters. The van der Waals surface area contributed by atoms with Crippen molar-refractivity contribution < 1.29 is 9.90 Å². The van der Waals surface area contributed by atoms with E-state index in [2.05, 4.69) is 5.32 Å². The second-order valence-corrected chi connectivity index (χ2v) is 4.19. The minimum Gasteiger partial charge on any atom is -0.508 e. The van der Waals surface area contributed by atoms with Crippen LogP contribution in [-0.4, -0.2) is 15.6 Å². The fourth-order valence-electron chi connectivity index (χ4n) is 1.77. The molecule has 0 spiro atoms. The molecule has 1 heterocycles. The maximum atomic E-state index is 11.7. The fourth-order valence-corrected chi connectivity index (χ4v) is 1.77. The van der Waals surface area contributed by atoms with E-state index in [1.807, 2.05) is 29.9 Å². The smallest absolute Gasteiger partial charge is 0.224 e. The third-order valence-electron chi connectivity index (χ3n) is 2.86. The van der Waals surface area contributed by atoms with E-state index in [4.69, 9.17) is 0 Å². The summed E-state index contributed by atoms with van der Waals surface area (Å²) in [4.78, 5) is 11.7. The van der Waals surface area contributed by atoms with Crippen molar-refractivity contribution in [1.29, 1.82) is 0 Å². The highest BCUT2D eigenvalue weighted by atomic mass is 16.3. The molecule has 0 aliphatic carbocycles. The number of nitrogens with one attached hydrogen (secondary N) is 1. The number of phenolic OH excluding ortho intramolecular Hbond substituents is 1. The van der Waals surface area contributed by atoms with Crippen LogP contribution in [0.3, 0.4) is 0 Å². The fraction of sp³-hybridized carbons (Fsp3) is 0.214. The number of hydrogen-bond acceptors (Lipinski definition) is 2. The molecule has 0 unspecified atom stereocenters. The van der Waals surface area contributed by atoms with E-state index in [0.717, 1.165) is 5.69 Å². The van der Waals surface area contributed by atoms with Gasteiger partial charge in [-0.25, -0.2) is 0 Å². The van der Waals surface area contributed by atoms with Gasteiger partial charge >= 0.3 is 0 Å². The highest BCUT2D eigenvalue weighted by molar-refractivity contribution is 5.79. The number of benzene rings is 1. The lowest BCUT2D eigenvalue weighted by Crippen LogP contribution is -2.25. The van der Waals surface area contributed by atoms with Crippen molar-refractivity contribution in [2.24, 2.45) is 7.05 Å². The largest absolute Gasteiger partial charge is 0.508 e. The monoisotopic (exact) mass is 244 g/mol. The van der Waals surface area contributed by atoms with E-state index in [-0.39, 0.29) is 18.1 Å². The van der Waals surface area contributed by atoms with E-state index in [1.54, 1.807) is 24.3 Å². The zero-order chi connectivity index (χ0) is 13.0. The second kappa shape index (κ2) is 5.40. The van der Waals surface area contributed by atoms with Gasteiger partial charge in [0.05, 0.1) is 13.0 Å². The molecule has 0 radical (unpaired) electrons. The summed E-state index contributed by atoms with van der Waals surface area (Å²) < 4.78 is 1.96. The molecule has 1 aromatic carbocycles. The Morgan fingerprint density at radius 3 is 2.72 bits per heavy atom. The van der Waals surface area contributed by atoms with Crippen LogP contribution in [0.15, 0.2) is 42.6 Å². The third kappa shape index (κ3) is 2.91. The number of aryl methyl sites for hydroxylation is 1. The summed E-state index contributed by atoms with van der Waals surface area (Å²) in [6.07, 6.45) is 2.13. The first-order chi connectivity index (χ1) is 8.66. The van der Waals surface area contributed by atoms with Crippen LogP contribution in [-0.2, 0) is 24.8 Å². The van der Waals surface area contributed by atoms with Gasteiger partial charge < -0.3 is 15.0 Å². The SMILES string of the molecule is Cn1cccc1CNC(=O)Cc1ccccc1O. The molecule has 94 valence electrons. The molecule has 0 bridgehead atoms. The van der Waals surface area contributed by atoms with E-state index < -0.39 is 0 Å². The molecule has 0 saturated heterocycles. The summed E-state index contributed by atoms with van der Waals surface area (Å²) in [5.74, 6) is 0.0595. The highest BCUT2D eigenvalue weighted by Gasteiger charge is 2.07.